The molecule has 4 heteroatoms. The van der Waals surface area contributed by atoms with Gasteiger partial charge in [0.1, 0.15) is 0 Å². The van der Waals surface area contributed by atoms with Gasteiger partial charge in [-0.1, -0.05) is 18.2 Å². The highest BCUT2D eigenvalue weighted by molar-refractivity contribution is 7.99. The molecule has 0 aliphatic heterocycles. The standard InChI is InChI=1S/C22H29N3S/c23-21-6-5-20(13-21)19-4-3-17-11-16(1-2-18(17)12-19)15-26-10-7-22-14-24-8-9-25-22/h3-4,8-9,12,14,16,20-21H,1-2,5-7,10-11,13,15,23H2/t16-,20?,21?/m0/s1. The summed E-state index contributed by atoms with van der Waals surface area (Å²) in [6, 6.07) is 7.70. The Kier molecular flexibility index (Phi) is 5.91. The Morgan fingerprint density at radius 1 is 1.12 bits per heavy atom. The number of hydrogen-bond donors (Lipinski definition) is 1. The fourth-order valence-electron chi connectivity index (χ4n) is 4.45. The first kappa shape index (κ1) is 18.0. The van der Waals surface area contributed by atoms with Crippen LogP contribution in [0.25, 0.3) is 0 Å². The number of thioether (sulfide) groups is 1. The Bertz CT molecular complexity index is 719. The van der Waals surface area contributed by atoms with E-state index in [4.69, 9.17) is 5.73 Å². The molecule has 1 saturated carbocycles. The summed E-state index contributed by atoms with van der Waals surface area (Å²) in [7, 11) is 0. The summed E-state index contributed by atoms with van der Waals surface area (Å²) in [5.74, 6) is 3.92. The number of rotatable bonds is 6. The fourth-order valence-corrected chi connectivity index (χ4v) is 5.59. The summed E-state index contributed by atoms with van der Waals surface area (Å²) >= 11 is 2.07. The van der Waals surface area contributed by atoms with Gasteiger partial charge in [-0.15, -0.1) is 0 Å². The molecule has 4 rings (SSSR count). The summed E-state index contributed by atoms with van der Waals surface area (Å²) in [4.78, 5) is 8.49. The quantitative estimate of drug-likeness (QED) is 0.779. The molecule has 2 aromatic rings. The molecular formula is C22H29N3S. The van der Waals surface area contributed by atoms with Gasteiger partial charge in [0.15, 0.2) is 0 Å². The lowest BCUT2D eigenvalue weighted by Gasteiger charge is -2.25. The Hall–Kier alpha value is -1.39. The molecule has 138 valence electrons. The highest BCUT2D eigenvalue weighted by atomic mass is 32.2. The molecular weight excluding hydrogens is 338 g/mol. The lowest BCUT2D eigenvalue weighted by atomic mass is 9.82. The average molecular weight is 368 g/mol. The number of aryl methyl sites for hydroxylation is 2. The van der Waals surface area contributed by atoms with E-state index >= 15 is 0 Å². The van der Waals surface area contributed by atoms with Gasteiger partial charge in [-0.05, 0) is 78.6 Å². The molecule has 2 aliphatic carbocycles. The van der Waals surface area contributed by atoms with Crippen molar-refractivity contribution < 1.29 is 0 Å². The van der Waals surface area contributed by atoms with Gasteiger partial charge in [-0.3, -0.25) is 9.97 Å². The van der Waals surface area contributed by atoms with Gasteiger partial charge in [0.25, 0.3) is 0 Å². The van der Waals surface area contributed by atoms with Crippen molar-refractivity contribution in [2.24, 2.45) is 11.7 Å². The highest BCUT2D eigenvalue weighted by Gasteiger charge is 2.25. The summed E-state index contributed by atoms with van der Waals surface area (Å²) in [5.41, 5.74) is 11.9. The van der Waals surface area contributed by atoms with Crippen LogP contribution in [0.15, 0.2) is 36.8 Å². The van der Waals surface area contributed by atoms with Crippen LogP contribution in [0, 0.1) is 5.92 Å². The molecule has 0 spiro atoms. The van der Waals surface area contributed by atoms with Crippen LogP contribution in [0.5, 0.6) is 0 Å². The summed E-state index contributed by atoms with van der Waals surface area (Å²) < 4.78 is 0. The molecule has 2 unspecified atom stereocenters. The molecule has 3 nitrogen and oxygen atoms in total. The molecule has 26 heavy (non-hydrogen) atoms. The van der Waals surface area contributed by atoms with Gasteiger partial charge < -0.3 is 5.73 Å². The minimum atomic E-state index is 0.416. The van der Waals surface area contributed by atoms with E-state index in [2.05, 4.69) is 39.9 Å². The number of aromatic nitrogens is 2. The van der Waals surface area contributed by atoms with Crippen LogP contribution >= 0.6 is 11.8 Å². The molecule has 1 fully saturated rings. The highest BCUT2D eigenvalue weighted by Crippen LogP contribution is 2.36. The van der Waals surface area contributed by atoms with E-state index < -0.39 is 0 Å². The third kappa shape index (κ3) is 4.47. The van der Waals surface area contributed by atoms with Crippen LogP contribution < -0.4 is 5.73 Å². The molecule has 2 N–H and O–H groups in total. The third-order valence-electron chi connectivity index (χ3n) is 5.98. The van der Waals surface area contributed by atoms with Gasteiger partial charge in [-0.25, -0.2) is 0 Å². The molecule has 1 aromatic carbocycles. The predicted molar refractivity (Wildman–Crippen MR) is 110 cm³/mol. The Morgan fingerprint density at radius 3 is 2.88 bits per heavy atom. The van der Waals surface area contributed by atoms with Gasteiger partial charge in [-0.2, -0.15) is 11.8 Å². The monoisotopic (exact) mass is 367 g/mol. The van der Waals surface area contributed by atoms with E-state index in [1.165, 1.54) is 49.8 Å². The van der Waals surface area contributed by atoms with E-state index in [1.807, 2.05) is 6.20 Å². The van der Waals surface area contributed by atoms with Gasteiger partial charge >= 0.3 is 0 Å². The van der Waals surface area contributed by atoms with Crippen LogP contribution in [0.3, 0.4) is 0 Å². The number of hydrogen-bond acceptors (Lipinski definition) is 4. The van der Waals surface area contributed by atoms with Crippen LogP contribution in [0.2, 0.25) is 0 Å². The topological polar surface area (TPSA) is 51.8 Å². The second kappa shape index (κ2) is 8.53. The first-order valence-electron chi connectivity index (χ1n) is 9.98. The van der Waals surface area contributed by atoms with Crippen LogP contribution in [-0.4, -0.2) is 27.5 Å². The molecule has 0 amide bonds. The summed E-state index contributed by atoms with van der Waals surface area (Å²) in [6.07, 6.45) is 13.9. The lowest BCUT2D eigenvalue weighted by molar-refractivity contribution is 0.508. The normalized spacial score (nSPS) is 25.2. The largest absolute Gasteiger partial charge is 0.328 e. The summed E-state index contributed by atoms with van der Waals surface area (Å²) in [5, 5.41) is 0. The predicted octanol–water partition coefficient (Wildman–Crippen LogP) is 4.15. The van der Waals surface area contributed by atoms with E-state index in [1.54, 1.807) is 23.5 Å². The molecule has 0 saturated heterocycles. The van der Waals surface area contributed by atoms with Crippen molar-refractivity contribution >= 4 is 11.8 Å². The molecule has 1 heterocycles. The van der Waals surface area contributed by atoms with Crippen molar-refractivity contribution in [1.29, 1.82) is 0 Å². The molecule has 1 aromatic heterocycles. The molecule has 0 radical (unpaired) electrons. The maximum absolute atomic E-state index is 6.10. The molecule has 0 bridgehead atoms. The number of nitrogens with two attached hydrogens (primary N) is 1. The van der Waals surface area contributed by atoms with Crippen molar-refractivity contribution in [2.45, 2.75) is 56.9 Å². The minimum Gasteiger partial charge on any atom is -0.328 e. The SMILES string of the molecule is NC1CCC(c2ccc3c(c2)CC[C@H](CSCCc2cnccn2)C3)C1. The smallest absolute Gasteiger partial charge is 0.0594 e. The zero-order valence-corrected chi connectivity index (χ0v) is 16.3. The molecule has 2 aliphatic rings. The van der Waals surface area contributed by atoms with Crippen LogP contribution in [0.4, 0.5) is 0 Å². The number of nitrogens with zero attached hydrogens (tertiary/aromatic N) is 2. The lowest BCUT2D eigenvalue weighted by Crippen LogP contribution is -2.17. The fraction of sp³-hybridized carbons (Fsp3) is 0.545. The van der Waals surface area contributed by atoms with Crippen molar-refractivity contribution in [3.63, 3.8) is 0 Å². The Labute approximate surface area is 161 Å². The third-order valence-corrected chi connectivity index (χ3v) is 7.18. The van der Waals surface area contributed by atoms with Gasteiger partial charge in [0, 0.05) is 31.1 Å². The van der Waals surface area contributed by atoms with Crippen molar-refractivity contribution in [2.75, 3.05) is 11.5 Å². The first-order chi connectivity index (χ1) is 12.8. The van der Waals surface area contributed by atoms with E-state index in [-0.39, 0.29) is 0 Å². The van der Waals surface area contributed by atoms with Crippen LogP contribution in [0.1, 0.15) is 54.0 Å². The van der Waals surface area contributed by atoms with Crippen LogP contribution in [-0.2, 0) is 19.3 Å². The number of fused-ring (bicyclic) bond motifs is 1. The van der Waals surface area contributed by atoms with Gasteiger partial charge in [0.2, 0.25) is 0 Å². The minimum absolute atomic E-state index is 0.416. The zero-order valence-electron chi connectivity index (χ0n) is 15.4. The van der Waals surface area contributed by atoms with E-state index in [0.29, 0.717) is 12.0 Å². The van der Waals surface area contributed by atoms with Crippen molar-refractivity contribution in [1.82, 2.24) is 9.97 Å². The first-order valence-corrected chi connectivity index (χ1v) is 11.1. The second-order valence-corrected chi connectivity index (χ2v) is 9.08. The second-order valence-electron chi connectivity index (χ2n) is 7.93. The Balaban J connectivity index is 1.26. The van der Waals surface area contributed by atoms with E-state index in [0.717, 1.165) is 23.8 Å². The zero-order chi connectivity index (χ0) is 17.8. The van der Waals surface area contributed by atoms with Gasteiger partial charge in [0.05, 0.1) is 5.69 Å². The van der Waals surface area contributed by atoms with E-state index in [9.17, 15) is 0 Å². The number of benzene rings is 1. The maximum atomic E-state index is 6.10. The van der Waals surface area contributed by atoms with Crippen molar-refractivity contribution in [3.8, 4) is 0 Å². The molecule has 3 atom stereocenters. The Morgan fingerprint density at radius 2 is 2.08 bits per heavy atom. The van der Waals surface area contributed by atoms with Crippen molar-refractivity contribution in [3.05, 3.63) is 59.2 Å². The average Bonchev–Trinajstić information content (AvgIpc) is 3.12. The summed E-state index contributed by atoms with van der Waals surface area (Å²) in [6.45, 7) is 0. The maximum Gasteiger partial charge on any atom is 0.0594 e.